The van der Waals surface area contributed by atoms with Crippen molar-refractivity contribution in [1.29, 1.82) is 0 Å². The Labute approximate surface area is 111 Å². The molecule has 0 unspecified atom stereocenters. The van der Waals surface area contributed by atoms with E-state index in [1.165, 1.54) is 0 Å². The third-order valence-corrected chi connectivity index (χ3v) is 2.67. The number of hydrogen-bond donors (Lipinski definition) is 2. The van der Waals surface area contributed by atoms with E-state index < -0.39 is 5.97 Å². The minimum atomic E-state index is -0.771. The van der Waals surface area contributed by atoms with Crippen LogP contribution in [0.4, 0.5) is 0 Å². The van der Waals surface area contributed by atoms with Gasteiger partial charge in [0.2, 0.25) is 0 Å². The molecule has 5 heteroatoms. The fourth-order valence-electron chi connectivity index (χ4n) is 1.72. The van der Waals surface area contributed by atoms with Crippen LogP contribution < -0.4 is 5.32 Å². The van der Waals surface area contributed by atoms with Crippen LogP contribution in [0.5, 0.6) is 0 Å². The van der Waals surface area contributed by atoms with Crippen LogP contribution in [0, 0.1) is 0 Å². The molecule has 1 aromatic carbocycles. The molecule has 0 aliphatic rings. The third-order valence-electron chi connectivity index (χ3n) is 2.67. The number of nitrogens with one attached hydrogen (secondary N) is 1. The van der Waals surface area contributed by atoms with Crippen molar-refractivity contribution in [3.05, 3.63) is 42.2 Å². The van der Waals surface area contributed by atoms with Gasteiger partial charge in [-0.05, 0) is 13.0 Å². The van der Waals surface area contributed by atoms with Crippen molar-refractivity contribution in [1.82, 2.24) is 10.5 Å². The Morgan fingerprint density at radius 2 is 2.11 bits per heavy atom. The maximum absolute atomic E-state index is 10.3. The van der Waals surface area contributed by atoms with Gasteiger partial charge >= 0.3 is 5.97 Å². The molecule has 19 heavy (non-hydrogen) atoms. The number of aliphatic carboxylic acids is 1. The number of rotatable bonds is 7. The van der Waals surface area contributed by atoms with Crippen LogP contribution in [0.1, 0.15) is 18.6 Å². The summed E-state index contributed by atoms with van der Waals surface area (Å²) in [5, 5.41) is 15.6. The average Bonchev–Trinajstić information content (AvgIpc) is 2.88. The van der Waals surface area contributed by atoms with Crippen LogP contribution in [0.3, 0.4) is 0 Å². The van der Waals surface area contributed by atoms with Gasteiger partial charge in [-0.1, -0.05) is 35.5 Å². The molecule has 0 saturated carbocycles. The van der Waals surface area contributed by atoms with Gasteiger partial charge in [-0.3, -0.25) is 4.79 Å². The van der Waals surface area contributed by atoms with Gasteiger partial charge in [-0.2, -0.15) is 0 Å². The van der Waals surface area contributed by atoms with Crippen molar-refractivity contribution >= 4 is 5.97 Å². The molecule has 2 rings (SSSR count). The molecule has 0 radical (unpaired) electrons. The van der Waals surface area contributed by atoms with Gasteiger partial charge in [-0.15, -0.1) is 0 Å². The lowest BCUT2D eigenvalue weighted by molar-refractivity contribution is -0.137. The minimum Gasteiger partial charge on any atom is -0.481 e. The molecule has 0 saturated heterocycles. The van der Waals surface area contributed by atoms with Crippen molar-refractivity contribution in [3.8, 4) is 11.3 Å². The maximum Gasteiger partial charge on any atom is 0.303 e. The van der Waals surface area contributed by atoms with E-state index in [9.17, 15) is 4.79 Å². The van der Waals surface area contributed by atoms with E-state index >= 15 is 0 Å². The normalized spacial score (nSPS) is 10.5. The quantitative estimate of drug-likeness (QED) is 0.747. The van der Waals surface area contributed by atoms with Gasteiger partial charge in [-0.25, -0.2) is 0 Å². The van der Waals surface area contributed by atoms with Gasteiger partial charge in [0.15, 0.2) is 5.76 Å². The van der Waals surface area contributed by atoms with Crippen molar-refractivity contribution in [3.63, 3.8) is 0 Å². The van der Waals surface area contributed by atoms with Crippen LogP contribution >= 0.6 is 0 Å². The standard InChI is InChI=1S/C14H16N2O3/c17-14(18)7-4-8-15-10-12-9-13(16-19-12)11-5-2-1-3-6-11/h1-3,5-6,9,15H,4,7-8,10H2,(H,17,18). The van der Waals surface area contributed by atoms with Crippen LogP contribution in [0.25, 0.3) is 11.3 Å². The zero-order valence-corrected chi connectivity index (χ0v) is 10.5. The second-order valence-corrected chi connectivity index (χ2v) is 4.22. The fourth-order valence-corrected chi connectivity index (χ4v) is 1.72. The molecule has 0 fully saturated rings. The first-order valence-corrected chi connectivity index (χ1v) is 6.19. The number of benzene rings is 1. The lowest BCUT2D eigenvalue weighted by Gasteiger charge is -1.99. The second-order valence-electron chi connectivity index (χ2n) is 4.22. The topological polar surface area (TPSA) is 75.4 Å². The van der Waals surface area contributed by atoms with Gasteiger partial charge in [0.1, 0.15) is 5.69 Å². The first-order valence-electron chi connectivity index (χ1n) is 6.19. The summed E-state index contributed by atoms with van der Waals surface area (Å²) in [7, 11) is 0. The summed E-state index contributed by atoms with van der Waals surface area (Å²) in [6, 6.07) is 11.7. The predicted octanol–water partition coefficient (Wildman–Crippen LogP) is 2.30. The Balaban J connectivity index is 1.80. The molecule has 100 valence electrons. The summed E-state index contributed by atoms with van der Waals surface area (Å²) in [5.41, 5.74) is 1.83. The van der Waals surface area contributed by atoms with Crippen LogP contribution in [0.2, 0.25) is 0 Å². The average molecular weight is 260 g/mol. The molecule has 2 N–H and O–H groups in total. The molecule has 0 spiro atoms. The molecule has 1 heterocycles. The number of hydrogen-bond acceptors (Lipinski definition) is 4. The first kappa shape index (κ1) is 13.3. The smallest absolute Gasteiger partial charge is 0.303 e. The van der Waals surface area contributed by atoms with E-state index in [-0.39, 0.29) is 6.42 Å². The predicted molar refractivity (Wildman–Crippen MR) is 70.5 cm³/mol. The van der Waals surface area contributed by atoms with Gasteiger partial charge in [0.05, 0.1) is 6.54 Å². The van der Waals surface area contributed by atoms with Crippen molar-refractivity contribution in [2.24, 2.45) is 0 Å². The Hall–Kier alpha value is -2.14. The highest BCUT2D eigenvalue weighted by Crippen LogP contribution is 2.18. The van der Waals surface area contributed by atoms with Crippen LogP contribution in [0.15, 0.2) is 40.9 Å². The summed E-state index contributed by atoms with van der Waals surface area (Å²) in [4.78, 5) is 10.3. The fraction of sp³-hybridized carbons (Fsp3) is 0.286. The van der Waals surface area contributed by atoms with Crippen molar-refractivity contribution in [2.45, 2.75) is 19.4 Å². The van der Waals surface area contributed by atoms with E-state index in [0.29, 0.717) is 19.5 Å². The summed E-state index contributed by atoms with van der Waals surface area (Å²) in [5.74, 6) is -0.0259. The lowest BCUT2D eigenvalue weighted by atomic mass is 10.1. The number of carboxylic acids is 1. The SMILES string of the molecule is O=C(O)CCCNCc1cc(-c2ccccc2)no1. The Kier molecular flexibility index (Phi) is 4.69. The zero-order valence-electron chi connectivity index (χ0n) is 10.5. The number of nitrogens with zero attached hydrogens (tertiary/aromatic N) is 1. The van der Waals surface area contributed by atoms with Crippen molar-refractivity contribution in [2.75, 3.05) is 6.54 Å². The number of carbonyl (C=O) groups is 1. The molecule has 2 aromatic rings. The highest BCUT2D eigenvalue weighted by Gasteiger charge is 2.05. The van der Waals surface area contributed by atoms with Gasteiger partial charge < -0.3 is 14.9 Å². The molecular formula is C14H16N2O3. The second kappa shape index (κ2) is 6.70. The highest BCUT2D eigenvalue weighted by molar-refractivity contribution is 5.66. The maximum atomic E-state index is 10.3. The molecular weight excluding hydrogens is 244 g/mol. The number of aromatic nitrogens is 1. The summed E-state index contributed by atoms with van der Waals surface area (Å²) < 4.78 is 5.22. The molecule has 0 atom stereocenters. The Morgan fingerprint density at radius 1 is 1.32 bits per heavy atom. The van der Waals surface area contributed by atoms with Crippen molar-refractivity contribution < 1.29 is 14.4 Å². The van der Waals surface area contributed by atoms with E-state index in [2.05, 4.69) is 10.5 Å². The molecule has 0 aliphatic carbocycles. The number of carboxylic acid groups (broad SMARTS) is 1. The van der Waals surface area contributed by atoms with E-state index in [1.54, 1.807) is 0 Å². The van der Waals surface area contributed by atoms with Gasteiger partial charge in [0, 0.05) is 18.1 Å². The molecule has 0 amide bonds. The lowest BCUT2D eigenvalue weighted by Crippen LogP contribution is -2.15. The molecule has 0 aliphatic heterocycles. The Bertz CT molecular complexity index is 522. The molecule has 0 bridgehead atoms. The van der Waals surface area contributed by atoms with E-state index in [0.717, 1.165) is 17.0 Å². The van der Waals surface area contributed by atoms with E-state index in [4.69, 9.17) is 9.63 Å². The largest absolute Gasteiger partial charge is 0.481 e. The monoisotopic (exact) mass is 260 g/mol. The van der Waals surface area contributed by atoms with Crippen LogP contribution in [-0.4, -0.2) is 22.8 Å². The molecule has 1 aromatic heterocycles. The molecule has 5 nitrogen and oxygen atoms in total. The van der Waals surface area contributed by atoms with Crippen LogP contribution in [-0.2, 0) is 11.3 Å². The zero-order chi connectivity index (χ0) is 13.5. The third kappa shape index (κ3) is 4.22. The summed E-state index contributed by atoms with van der Waals surface area (Å²) in [6.07, 6.45) is 0.785. The highest BCUT2D eigenvalue weighted by atomic mass is 16.5. The van der Waals surface area contributed by atoms with E-state index in [1.807, 2.05) is 36.4 Å². The first-order chi connectivity index (χ1) is 9.25. The minimum absolute atomic E-state index is 0.179. The Morgan fingerprint density at radius 3 is 2.84 bits per heavy atom. The summed E-state index contributed by atoms with van der Waals surface area (Å²) in [6.45, 7) is 1.20. The van der Waals surface area contributed by atoms with Gasteiger partial charge in [0.25, 0.3) is 0 Å². The summed E-state index contributed by atoms with van der Waals surface area (Å²) >= 11 is 0.